The molecule has 136 valence electrons. The Bertz CT molecular complexity index is 1010. The number of aromatic nitrogens is 3. The van der Waals surface area contributed by atoms with Gasteiger partial charge in [-0.15, -0.1) is 0 Å². The molecule has 8 heteroatoms. The Labute approximate surface area is 163 Å². The van der Waals surface area contributed by atoms with Gasteiger partial charge in [0.2, 0.25) is 5.89 Å². The topological polar surface area (TPSA) is 81.0 Å². The number of halogens is 1. The normalized spacial score (nSPS) is 11.0. The van der Waals surface area contributed by atoms with Gasteiger partial charge in [0, 0.05) is 21.5 Å². The van der Waals surface area contributed by atoms with Gasteiger partial charge in [-0.05, 0) is 39.0 Å². The summed E-state index contributed by atoms with van der Waals surface area (Å²) in [5, 5.41) is 0.571. The van der Waals surface area contributed by atoms with Crippen LogP contribution in [0.3, 0.4) is 0 Å². The summed E-state index contributed by atoms with van der Waals surface area (Å²) in [6.45, 7) is 5.45. The van der Waals surface area contributed by atoms with Crippen LogP contribution in [0.5, 0.6) is 5.75 Å². The van der Waals surface area contributed by atoms with Crippen LogP contribution >= 0.6 is 27.7 Å². The molecule has 2 heterocycles. The van der Waals surface area contributed by atoms with E-state index in [9.17, 15) is 4.79 Å². The zero-order valence-electron chi connectivity index (χ0n) is 14.8. The molecule has 0 aliphatic carbocycles. The minimum Gasteiger partial charge on any atom is -0.496 e. The van der Waals surface area contributed by atoms with E-state index >= 15 is 0 Å². The summed E-state index contributed by atoms with van der Waals surface area (Å²) >= 11 is 4.87. The lowest BCUT2D eigenvalue weighted by Gasteiger charge is -2.05. The second kappa shape index (κ2) is 7.67. The Kier molecular flexibility index (Phi) is 5.52. The highest BCUT2D eigenvalue weighted by atomic mass is 79.9. The molecule has 1 aromatic carbocycles. The molecule has 3 rings (SSSR count). The highest BCUT2D eigenvalue weighted by Crippen LogP contribution is 2.34. The van der Waals surface area contributed by atoms with Gasteiger partial charge in [-0.1, -0.05) is 27.7 Å². The summed E-state index contributed by atoms with van der Waals surface area (Å²) in [6, 6.07) is 5.66. The van der Waals surface area contributed by atoms with Crippen molar-refractivity contribution in [3.8, 4) is 17.2 Å². The Hall–Kier alpha value is -2.06. The molecule has 0 aliphatic rings. The van der Waals surface area contributed by atoms with Crippen molar-refractivity contribution >= 4 is 27.7 Å². The summed E-state index contributed by atoms with van der Waals surface area (Å²) in [6.07, 6.45) is 0. The van der Waals surface area contributed by atoms with Crippen molar-refractivity contribution in [2.75, 3.05) is 7.11 Å². The molecule has 0 spiro atoms. The van der Waals surface area contributed by atoms with E-state index in [0.29, 0.717) is 28.1 Å². The number of nitrogens with one attached hydrogen (secondary N) is 1. The maximum atomic E-state index is 11.9. The fourth-order valence-electron chi connectivity index (χ4n) is 2.35. The van der Waals surface area contributed by atoms with Gasteiger partial charge in [-0.3, -0.25) is 4.79 Å². The first-order valence-corrected chi connectivity index (χ1v) is 9.67. The number of aromatic amines is 1. The zero-order valence-corrected chi connectivity index (χ0v) is 17.2. The Morgan fingerprint density at radius 3 is 2.73 bits per heavy atom. The molecule has 0 aliphatic heterocycles. The van der Waals surface area contributed by atoms with Crippen LogP contribution in [-0.2, 0) is 5.75 Å². The van der Waals surface area contributed by atoms with Crippen LogP contribution in [-0.4, -0.2) is 22.1 Å². The molecule has 0 bridgehead atoms. The number of H-pyrrole nitrogens is 1. The SMILES string of the molecule is COc1ccc(Br)cc1-c1nc(CSc2nc(C)c(C)c(=O)[nH]2)c(C)o1. The lowest BCUT2D eigenvalue weighted by molar-refractivity contribution is 0.414. The van der Waals surface area contributed by atoms with E-state index in [1.165, 1.54) is 11.8 Å². The number of methoxy groups -OCH3 is 1. The molecule has 0 unspecified atom stereocenters. The summed E-state index contributed by atoms with van der Waals surface area (Å²) in [5.74, 6) is 2.45. The van der Waals surface area contributed by atoms with Crippen LogP contribution in [0.2, 0.25) is 0 Å². The number of benzene rings is 1. The first kappa shape index (κ1) is 18.7. The zero-order chi connectivity index (χ0) is 18.8. The highest BCUT2D eigenvalue weighted by Gasteiger charge is 2.16. The largest absolute Gasteiger partial charge is 0.496 e. The van der Waals surface area contributed by atoms with Crippen molar-refractivity contribution in [3.05, 3.63) is 55.7 Å². The molecule has 26 heavy (non-hydrogen) atoms. The third kappa shape index (κ3) is 3.86. The third-order valence-electron chi connectivity index (χ3n) is 4.00. The molecule has 6 nitrogen and oxygen atoms in total. The molecule has 2 aromatic heterocycles. The number of hydrogen-bond donors (Lipinski definition) is 1. The standard InChI is InChI=1S/C18H18BrN3O3S/c1-9-10(2)20-18(22-16(9)23)26-8-14-11(3)25-17(21-14)13-7-12(19)5-6-15(13)24-4/h5-7H,8H2,1-4H3,(H,20,22,23). The van der Waals surface area contributed by atoms with E-state index in [1.807, 2.05) is 32.0 Å². The fraction of sp³-hybridized carbons (Fsp3) is 0.278. The maximum absolute atomic E-state index is 11.9. The lowest BCUT2D eigenvalue weighted by atomic mass is 10.2. The van der Waals surface area contributed by atoms with Crippen LogP contribution in [0.15, 0.2) is 37.0 Å². The number of rotatable bonds is 5. The van der Waals surface area contributed by atoms with Crippen LogP contribution in [0.25, 0.3) is 11.5 Å². The van der Waals surface area contributed by atoms with Gasteiger partial charge in [0.05, 0.1) is 18.4 Å². The van der Waals surface area contributed by atoms with Crippen LogP contribution in [0, 0.1) is 20.8 Å². The predicted octanol–water partition coefficient (Wildman–Crippen LogP) is 4.41. The van der Waals surface area contributed by atoms with Crippen LogP contribution in [0.4, 0.5) is 0 Å². The van der Waals surface area contributed by atoms with Gasteiger partial charge in [-0.25, -0.2) is 9.97 Å². The van der Waals surface area contributed by atoms with Crippen LogP contribution in [0.1, 0.15) is 22.7 Å². The van der Waals surface area contributed by atoms with Crippen molar-refractivity contribution in [2.45, 2.75) is 31.7 Å². The highest BCUT2D eigenvalue weighted by molar-refractivity contribution is 9.10. The minimum absolute atomic E-state index is 0.114. The first-order valence-electron chi connectivity index (χ1n) is 7.89. The number of hydrogen-bond acceptors (Lipinski definition) is 6. The Balaban J connectivity index is 1.86. The quantitative estimate of drug-likeness (QED) is 0.471. The summed E-state index contributed by atoms with van der Waals surface area (Å²) < 4.78 is 12.1. The molecule has 0 atom stereocenters. The second-order valence-corrected chi connectivity index (χ2v) is 7.62. The van der Waals surface area contributed by atoms with E-state index in [2.05, 4.69) is 30.9 Å². The second-order valence-electron chi connectivity index (χ2n) is 5.74. The number of thioether (sulfide) groups is 1. The van der Waals surface area contributed by atoms with Crippen LogP contribution < -0.4 is 10.3 Å². The van der Waals surface area contributed by atoms with E-state index in [4.69, 9.17) is 9.15 Å². The van der Waals surface area contributed by atoms with Gasteiger partial charge in [0.15, 0.2) is 5.16 Å². The van der Waals surface area contributed by atoms with E-state index in [1.54, 1.807) is 14.0 Å². The van der Waals surface area contributed by atoms with Crippen molar-refractivity contribution < 1.29 is 9.15 Å². The van der Waals surface area contributed by atoms with Gasteiger partial charge < -0.3 is 14.1 Å². The molecule has 0 saturated heterocycles. The van der Waals surface area contributed by atoms with Crippen molar-refractivity contribution in [2.24, 2.45) is 0 Å². The molecule has 3 aromatic rings. The maximum Gasteiger partial charge on any atom is 0.254 e. The predicted molar refractivity (Wildman–Crippen MR) is 105 cm³/mol. The molecular weight excluding hydrogens is 418 g/mol. The van der Waals surface area contributed by atoms with E-state index in [-0.39, 0.29) is 5.56 Å². The Morgan fingerprint density at radius 1 is 1.27 bits per heavy atom. The number of aryl methyl sites for hydroxylation is 2. The number of oxazole rings is 1. The fourth-order valence-corrected chi connectivity index (χ4v) is 3.62. The minimum atomic E-state index is -0.114. The molecule has 0 amide bonds. The number of nitrogens with zero attached hydrogens (tertiary/aromatic N) is 2. The first-order chi connectivity index (χ1) is 12.4. The smallest absolute Gasteiger partial charge is 0.254 e. The van der Waals surface area contributed by atoms with Crippen molar-refractivity contribution in [1.29, 1.82) is 0 Å². The summed E-state index contributed by atoms with van der Waals surface area (Å²) in [5.41, 5.74) is 2.83. The van der Waals surface area contributed by atoms with Gasteiger partial charge in [-0.2, -0.15) is 0 Å². The van der Waals surface area contributed by atoms with Gasteiger partial charge in [0.1, 0.15) is 11.5 Å². The van der Waals surface area contributed by atoms with Crippen molar-refractivity contribution in [1.82, 2.24) is 15.0 Å². The molecule has 1 N–H and O–H groups in total. The number of ether oxygens (including phenoxy) is 1. The molecule has 0 saturated carbocycles. The molecule has 0 fully saturated rings. The summed E-state index contributed by atoms with van der Waals surface area (Å²) in [7, 11) is 1.61. The van der Waals surface area contributed by atoms with Crippen molar-refractivity contribution in [3.63, 3.8) is 0 Å². The molecular formula is C18H18BrN3O3S. The lowest BCUT2D eigenvalue weighted by Crippen LogP contribution is -2.14. The van der Waals surface area contributed by atoms with Gasteiger partial charge >= 0.3 is 0 Å². The van der Waals surface area contributed by atoms with Gasteiger partial charge in [0.25, 0.3) is 5.56 Å². The van der Waals surface area contributed by atoms with E-state index in [0.717, 1.165) is 27.2 Å². The van der Waals surface area contributed by atoms with E-state index < -0.39 is 0 Å². The average Bonchev–Trinajstić information content (AvgIpc) is 2.98. The summed E-state index contributed by atoms with van der Waals surface area (Å²) in [4.78, 5) is 23.7. The Morgan fingerprint density at radius 2 is 2.04 bits per heavy atom. The third-order valence-corrected chi connectivity index (χ3v) is 5.38. The average molecular weight is 436 g/mol. The molecule has 0 radical (unpaired) electrons. The monoisotopic (exact) mass is 435 g/mol.